The molecule has 0 saturated heterocycles. The van der Waals surface area contributed by atoms with Crippen molar-refractivity contribution in [2.45, 2.75) is 38.5 Å². The monoisotopic (exact) mass is 232 g/mol. The van der Waals surface area contributed by atoms with Crippen molar-refractivity contribution in [3.8, 4) is 0 Å². The zero-order valence-corrected chi connectivity index (χ0v) is 8.86. The minimum Gasteiger partial charge on any atom is -0.349 e. The molecular formula is C9H16F4O2. The number of ether oxygens (including phenoxy) is 2. The van der Waals surface area contributed by atoms with E-state index in [1.54, 1.807) is 0 Å². The quantitative estimate of drug-likeness (QED) is 0.364. The number of rotatable bonds is 8. The van der Waals surface area contributed by atoms with Crippen LogP contribution < -0.4 is 0 Å². The molecule has 2 nitrogen and oxygen atoms in total. The van der Waals surface area contributed by atoms with Crippen molar-refractivity contribution in [3.05, 3.63) is 0 Å². The van der Waals surface area contributed by atoms with Crippen LogP contribution in [0, 0.1) is 0 Å². The predicted octanol–water partition coefficient (Wildman–Crippen LogP) is 3.07. The van der Waals surface area contributed by atoms with E-state index in [9.17, 15) is 17.6 Å². The summed E-state index contributed by atoms with van der Waals surface area (Å²) in [7, 11) is 0. The van der Waals surface area contributed by atoms with Gasteiger partial charge in [-0.1, -0.05) is 13.8 Å². The van der Waals surface area contributed by atoms with Crippen LogP contribution in [0.5, 0.6) is 0 Å². The number of hydrogen-bond acceptors (Lipinski definition) is 2. The first-order chi connectivity index (χ1) is 6.83. The van der Waals surface area contributed by atoms with Crippen molar-refractivity contribution in [1.82, 2.24) is 0 Å². The van der Waals surface area contributed by atoms with Gasteiger partial charge in [-0.2, -0.15) is 0 Å². The largest absolute Gasteiger partial charge is 0.349 e. The van der Waals surface area contributed by atoms with Crippen molar-refractivity contribution in [2.75, 3.05) is 20.0 Å². The number of halogens is 4. The zero-order chi connectivity index (χ0) is 11.9. The summed E-state index contributed by atoms with van der Waals surface area (Å²) < 4.78 is 59.1. The Labute approximate surface area is 86.5 Å². The molecule has 0 fully saturated rings. The van der Waals surface area contributed by atoms with Gasteiger partial charge in [0.15, 0.2) is 0 Å². The minimum atomic E-state index is -2.92. The van der Waals surface area contributed by atoms with Crippen molar-refractivity contribution < 1.29 is 27.0 Å². The standard InChI is InChI=1S/C9H16F4O2/c1-3-8(10,11)5-14-7-15-6-9(12,13)4-2/h3-7H2,1-2H3. The lowest BCUT2D eigenvalue weighted by Crippen LogP contribution is -2.26. The van der Waals surface area contributed by atoms with Crippen molar-refractivity contribution in [1.29, 1.82) is 0 Å². The van der Waals surface area contributed by atoms with E-state index >= 15 is 0 Å². The van der Waals surface area contributed by atoms with Gasteiger partial charge in [-0.25, -0.2) is 17.6 Å². The predicted molar refractivity (Wildman–Crippen MR) is 47.2 cm³/mol. The van der Waals surface area contributed by atoms with Crippen LogP contribution in [0.15, 0.2) is 0 Å². The van der Waals surface area contributed by atoms with Gasteiger partial charge in [0.1, 0.15) is 20.0 Å². The van der Waals surface area contributed by atoms with Gasteiger partial charge in [0.05, 0.1) is 0 Å². The van der Waals surface area contributed by atoms with Crippen molar-refractivity contribution in [2.24, 2.45) is 0 Å². The SMILES string of the molecule is CCC(F)(F)COCOCC(F)(F)CC. The lowest BCUT2D eigenvalue weighted by atomic mass is 10.3. The summed E-state index contributed by atoms with van der Waals surface area (Å²) in [6.07, 6.45) is -0.698. The molecule has 6 heteroatoms. The lowest BCUT2D eigenvalue weighted by Gasteiger charge is -2.16. The van der Waals surface area contributed by atoms with Gasteiger partial charge >= 0.3 is 0 Å². The van der Waals surface area contributed by atoms with Gasteiger partial charge in [0.25, 0.3) is 11.8 Å². The van der Waals surface area contributed by atoms with Crippen LogP contribution in [-0.4, -0.2) is 31.9 Å². The number of alkyl halides is 4. The Bertz CT molecular complexity index is 155. The highest BCUT2D eigenvalue weighted by atomic mass is 19.3. The normalized spacial score (nSPS) is 13.2. The molecule has 0 aromatic heterocycles. The average Bonchev–Trinajstić information content (AvgIpc) is 2.17. The summed E-state index contributed by atoms with van der Waals surface area (Å²) in [6, 6.07) is 0. The molecule has 0 amide bonds. The fraction of sp³-hybridized carbons (Fsp3) is 1.00. The summed E-state index contributed by atoms with van der Waals surface area (Å²) in [6.45, 7) is 0.485. The summed E-state index contributed by atoms with van der Waals surface area (Å²) in [5.41, 5.74) is 0. The van der Waals surface area contributed by atoms with E-state index in [0.717, 1.165) is 0 Å². The molecule has 0 radical (unpaired) electrons. The topological polar surface area (TPSA) is 18.5 Å². The maximum absolute atomic E-state index is 12.6. The molecule has 15 heavy (non-hydrogen) atoms. The average molecular weight is 232 g/mol. The van der Waals surface area contributed by atoms with E-state index in [2.05, 4.69) is 9.47 Å². The summed E-state index contributed by atoms with van der Waals surface area (Å²) >= 11 is 0. The first kappa shape index (κ1) is 14.6. The highest BCUT2D eigenvalue weighted by molar-refractivity contribution is 4.62. The smallest absolute Gasteiger partial charge is 0.270 e. The van der Waals surface area contributed by atoms with Crippen LogP contribution in [0.2, 0.25) is 0 Å². The van der Waals surface area contributed by atoms with E-state index in [4.69, 9.17) is 0 Å². The van der Waals surface area contributed by atoms with Crippen LogP contribution >= 0.6 is 0 Å². The first-order valence-electron chi connectivity index (χ1n) is 4.74. The van der Waals surface area contributed by atoms with Gasteiger partial charge in [0.2, 0.25) is 0 Å². The molecule has 0 unspecified atom stereocenters. The molecule has 0 aliphatic rings. The van der Waals surface area contributed by atoms with Crippen LogP contribution in [-0.2, 0) is 9.47 Å². The van der Waals surface area contributed by atoms with Crippen molar-refractivity contribution >= 4 is 0 Å². The van der Waals surface area contributed by atoms with Crippen LogP contribution in [0.1, 0.15) is 26.7 Å². The highest BCUT2D eigenvalue weighted by Crippen LogP contribution is 2.19. The molecule has 0 bridgehead atoms. The summed E-state index contributed by atoms with van der Waals surface area (Å²) in [5.74, 6) is -5.84. The molecule has 0 rings (SSSR count). The second-order valence-electron chi connectivity index (χ2n) is 3.23. The van der Waals surface area contributed by atoms with E-state index in [-0.39, 0.29) is 12.8 Å². The number of hydrogen-bond donors (Lipinski definition) is 0. The summed E-state index contributed by atoms with van der Waals surface area (Å²) in [5, 5.41) is 0. The molecule has 0 aliphatic heterocycles. The van der Waals surface area contributed by atoms with E-state index < -0.39 is 31.9 Å². The van der Waals surface area contributed by atoms with E-state index in [1.807, 2.05) is 0 Å². The molecule has 0 spiro atoms. The molecule has 0 N–H and O–H groups in total. The van der Waals surface area contributed by atoms with E-state index in [1.165, 1.54) is 13.8 Å². The Balaban J connectivity index is 3.48. The third-order valence-corrected chi connectivity index (χ3v) is 1.83. The molecule has 0 heterocycles. The fourth-order valence-corrected chi connectivity index (χ4v) is 0.645. The van der Waals surface area contributed by atoms with Gasteiger partial charge in [0, 0.05) is 12.8 Å². The Morgan fingerprint density at radius 2 is 1.13 bits per heavy atom. The first-order valence-corrected chi connectivity index (χ1v) is 4.74. The third-order valence-electron chi connectivity index (χ3n) is 1.83. The molecule has 0 aromatic carbocycles. The Hall–Kier alpha value is -0.360. The van der Waals surface area contributed by atoms with Gasteiger partial charge in [-0.3, -0.25) is 0 Å². The molecule has 0 saturated carbocycles. The third kappa shape index (κ3) is 7.56. The zero-order valence-electron chi connectivity index (χ0n) is 8.86. The fourth-order valence-electron chi connectivity index (χ4n) is 0.645. The lowest BCUT2D eigenvalue weighted by molar-refractivity contribution is -0.161. The van der Waals surface area contributed by atoms with Crippen LogP contribution in [0.4, 0.5) is 17.6 Å². The maximum atomic E-state index is 12.6. The van der Waals surface area contributed by atoms with Gasteiger partial charge < -0.3 is 9.47 Å². The maximum Gasteiger partial charge on any atom is 0.270 e. The van der Waals surface area contributed by atoms with Gasteiger partial charge in [-0.15, -0.1) is 0 Å². The molecule has 0 atom stereocenters. The Kier molecular flexibility index (Phi) is 6.12. The molecule has 0 aromatic rings. The molecule has 0 aliphatic carbocycles. The molecular weight excluding hydrogens is 216 g/mol. The van der Waals surface area contributed by atoms with E-state index in [0.29, 0.717) is 0 Å². The van der Waals surface area contributed by atoms with Crippen LogP contribution in [0.25, 0.3) is 0 Å². The van der Waals surface area contributed by atoms with Crippen LogP contribution in [0.3, 0.4) is 0 Å². The Morgan fingerprint density at radius 1 is 0.800 bits per heavy atom. The highest BCUT2D eigenvalue weighted by Gasteiger charge is 2.28. The second-order valence-corrected chi connectivity index (χ2v) is 3.23. The minimum absolute atomic E-state index is 0.349. The second kappa shape index (κ2) is 6.27. The summed E-state index contributed by atoms with van der Waals surface area (Å²) in [4.78, 5) is 0. The Morgan fingerprint density at radius 3 is 1.40 bits per heavy atom. The molecule has 92 valence electrons. The van der Waals surface area contributed by atoms with Crippen molar-refractivity contribution in [3.63, 3.8) is 0 Å². The van der Waals surface area contributed by atoms with Gasteiger partial charge in [-0.05, 0) is 0 Å².